The van der Waals surface area contributed by atoms with E-state index in [0.717, 1.165) is 48.0 Å². The smallest absolute Gasteiger partial charge is 0.265 e. The number of ether oxygens (including phenoxy) is 1. The first-order valence-corrected chi connectivity index (χ1v) is 11.2. The van der Waals surface area contributed by atoms with Crippen molar-refractivity contribution >= 4 is 27.5 Å². The van der Waals surface area contributed by atoms with E-state index in [9.17, 15) is 9.18 Å². The molecule has 1 aromatic carbocycles. The van der Waals surface area contributed by atoms with E-state index in [-0.39, 0.29) is 17.8 Å². The monoisotopic (exact) mass is 425 g/mol. The molecule has 2 fully saturated rings. The average Bonchev–Trinajstić information content (AvgIpc) is 3.23. The molecule has 4 heterocycles. The molecule has 5 rings (SSSR count). The minimum Gasteiger partial charge on any atom is -0.494 e. The fourth-order valence-electron chi connectivity index (χ4n) is 4.96. The molecule has 3 aromatic rings. The highest BCUT2D eigenvalue weighted by molar-refractivity contribution is 7.20. The van der Waals surface area contributed by atoms with Crippen molar-refractivity contribution in [2.45, 2.75) is 50.4 Å². The summed E-state index contributed by atoms with van der Waals surface area (Å²) < 4.78 is 18.7. The predicted octanol–water partition coefficient (Wildman–Crippen LogP) is 4.37. The number of piperidine rings is 1. The zero-order valence-corrected chi connectivity index (χ0v) is 17.6. The van der Waals surface area contributed by atoms with Crippen LogP contribution in [0.25, 0.3) is 10.2 Å². The number of thiophene rings is 1. The number of methoxy groups -OCH3 is 1. The number of amides is 1. The van der Waals surface area contributed by atoms with Gasteiger partial charge in [0.1, 0.15) is 15.5 Å². The van der Waals surface area contributed by atoms with E-state index in [1.807, 2.05) is 24.3 Å². The van der Waals surface area contributed by atoms with Gasteiger partial charge < -0.3 is 10.1 Å². The molecular weight excluding hydrogens is 401 g/mol. The Morgan fingerprint density at radius 2 is 1.97 bits per heavy atom. The summed E-state index contributed by atoms with van der Waals surface area (Å²) in [7, 11) is 1.60. The van der Waals surface area contributed by atoms with E-state index in [0.29, 0.717) is 22.7 Å². The van der Waals surface area contributed by atoms with Gasteiger partial charge in [0.05, 0.1) is 12.5 Å². The lowest BCUT2D eigenvalue weighted by Crippen LogP contribution is -2.49. The topological polar surface area (TPSA) is 54.5 Å². The van der Waals surface area contributed by atoms with Gasteiger partial charge in [-0.15, -0.1) is 11.3 Å². The number of pyridine rings is 1. The molecule has 156 valence electrons. The van der Waals surface area contributed by atoms with Gasteiger partial charge in [-0.05, 0) is 55.5 Å². The maximum atomic E-state index is 13.2. The number of carbonyl (C=O) groups is 1. The van der Waals surface area contributed by atoms with E-state index < -0.39 is 0 Å². The van der Waals surface area contributed by atoms with Crippen LogP contribution in [0.5, 0.6) is 5.75 Å². The number of halogens is 1. The van der Waals surface area contributed by atoms with Crippen LogP contribution < -0.4 is 10.1 Å². The van der Waals surface area contributed by atoms with Crippen LogP contribution in [0.3, 0.4) is 0 Å². The SMILES string of the molecule is COc1c(C(=O)NC2CC3CCC(C2)N3Cc2ccc(F)cc2)sc2ncccc12. The van der Waals surface area contributed by atoms with Crippen LogP contribution in [-0.2, 0) is 6.54 Å². The molecule has 0 aliphatic carbocycles. The van der Waals surface area contributed by atoms with E-state index in [2.05, 4.69) is 15.2 Å². The molecule has 0 spiro atoms. The van der Waals surface area contributed by atoms with Crippen LogP contribution in [0.15, 0.2) is 42.6 Å². The summed E-state index contributed by atoms with van der Waals surface area (Å²) in [6.07, 6.45) is 5.90. The van der Waals surface area contributed by atoms with Crippen LogP contribution in [0.4, 0.5) is 4.39 Å². The first kappa shape index (κ1) is 19.5. The lowest BCUT2D eigenvalue weighted by atomic mass is 9.96. The Morgan fingerprint density at radius 1 is 1.23 bits per heavy atom. The molecule has 1 amide bonds. The van der Waals surface area contributed by atoms with Crippen LogP contribution in [0, 0.1) is 5.82 Å². The second kappa shape index (κ2) is 7.96. The van der Waals surface area contributed by atoms with E-state index in [1.165, 1.54) is 23.5 Å². The van der Waals surface area contributed by atoms with Gasteiger partial charge in [0.15, 0.2) is 5.75 Å². The lowest BCUT2D eigenvalue weighted by molar-refractivity contribution is 0.0829. The largest absolute Gasteiger partial charge is 0.494 e. The van der Waals surface area contributed by atoms with Crippen molar-refractivity contribution in [3.8, 4) is 5.75 Å². The van der Waals surface area contributed by atoms with Crippen molar-refractivity contribution in [3.05, 3.63) is 58.9 Å². The summed E-state index contributed by atoms with van der Waals surface area (Å²) in [5.41, 5.74) is 1.14. The molecule has 2 unspecified atom stereocenters. The van der Waals surface area contributed by atoms with Crippen LogP contribution in [0.2, 0.25) is 0 Å². The number of aromatic nitrogens is 1. The minimum absolute atomic E-state index is 0.0776. The summed E-state index contributed by atoms with van der Waals surface area (Å²) in [4.78, 5) is 21.3. The fourth-order valence-corrected chi connectivity index (χ4v) is 5.98. The molecule has 0 radical (unpaired) electrons. The highest BCUT2D eigenvalue weighted by Gasteiger charge is 2.41. The Kier molecular flexibility index (Phi) is 5.16. The molecular formula is C23H24FN3O2S. The summed E-state index contributed by atoms with van der Waals surface area (Å²) in [6.45, 7) is 0.839. The second-order valence-corrected chi connectivity index (χ2v) is 9.15. The Bertz CT molecular complexity index is 1050. The van der Waals surface area contributed by atoms with Gasteiger partial charge in [0.25, 0.3) is 5.91 Å². The van der Waals surface area contributed by atoms with E-state index in [1.54, 1.807) is 13.3 Å². The highest BCUT2D eigenvalue weighted by atomic mass is 32.1. The first-order valence-electron chi connectivity index (χ1n) is 10.3. The summed E-state index contributed by atoms with van der Waals surface area (Å²) in [5, 5.41) is 4.13. The Labute approximate surface area is 178 Å². The van der Waals surface area contributed by atoms with Gasteiger partial charge >= 0.3 is 0 Å². The molecule has 2 aliphatic rings. The van der Waals surface area contributed by atoms with Crippen LogP contribution in [-0.4, -0.2) is 41.0 Å². The third-order valence-corrected chi connectivity index (χ3v) is 7.42. The molecule has 2 aliphatic heterocycles. The first-order chi connectivity index (χ1) is 14.6. The second-order valence-electron chi connectivity index (χ2n) is 8.15. The van der Waals surface area contributed by atoms with Crippen molar-refractivity contribution < 1.29 is 13.9 Å². The Balaban J connectivity index is 1.28. The number of benzene rings is 1. The van der Waals surface area contributed by atoms with E-state index >= 15 is 0 Å². The van der Waals surface area contributed by atoms with Gasteiger partial charge in [0.2, 0.25) is 0 Å². The lowest BCUT2D eigenvalue weighted by Gasteiger charge is -2.39. The Hall–Kier alpha value is -2.51. The molecule has 30 heavy (non-hydrogen) atoms. The van der Waals surface area contributed by atoms with Gasteiger partial charge in [-0.25, -0.2) is 9.37 Å². The molecule has 2 saturated heterocycles. The number of hydrogen-bond donors (Lipinski definition) is 1. The van der Waals surface area contributed by atoms with Crippen LogP contribution >= 0.6 is 11.3 Å². The van der Waals surface area contributed by atoms with Gasteiger partial charge in [-0.2, -0.15) is 0 Å². The molecule has 1 N–H and O–H groups in total. The number of fused-ring (bicyclic) bond motifs is 3. The molecule has 7 heteroatoms. The fraction of sp³-hybridized carbons (Fsp3) is 0.391. The normalized spacial score (nSPS) is 23.6. The third-order valence-electron chi connectivity index (χ3n) is 6.33. The zero-order chi connectivity index (χ0) is 20.7. The number of carbonyl (C=O) groups excluding carboxylic acids is 1. The van der Waals surface area contributed by atoms with E-state index in [4.69, 9.17) is 4.74 Å². The van der Waals surface area contributed by atoms with Crippen molar-refractivity contribution in [2.24, 2.45) is 0 Å². The number of hydrogen-bond acceptors (Lipinski definition) is 5. The van der Waals surface area contributed by atoms with Crippen molar-refractivity contribution in [1.29, 1.82) is 0 Å². The minimum atomic E-state index is -0.199. The molecule has 2 atom stereocenters. The maximum absolute atomic E-state index is 13.2. The summed E-state index contributed by atoms with van der Waals surface area (Å²) >= 11 is 1.38. The molecule has 0 saturated carbocycles. The van der Waals surface area contributed by atoms with Gasteiger partial charge in [-0.1, -0.05) is 12.1 Å². The maximum Gasteiger partial charge on any atom is 0.265 e. The summed E-state index contributed by atoms with van der Waals surface area (Å²) in [6, 6.07) is 11.6. The number of nitrogens with zero attached hydrogens (tertiary/aromatic N) is 2. The number of nitrogens with one attached hydrogen (secondary N) is 1. The number of rotatable bonds is 5. The van der Waals surface area contributed by atoms with Crippen molar-refractivity contribution in [1.82, 2.24) is 15.2 Å². The quantitative estimate of drug-likeness (QED) is 0.660. The van der Waals surface area contributed by atoms with Crippen molar-refractivity contribution in [3.63, 3.8) is 0 Å². The summed E-state index contributed by atoms with van der Waals surface area (Å²) in [5.74, 6) is 0.332. The van der Waals surface area contributed by atoms with Gasteiger partial charge in [0, 0.05) is 30.9 Å². The van der Waals surface area contributed by atoms with Crippen LogP contribution in [0.1, 0.15) is 40.9 Å². The zero-order valence-electron chi connectivity index (χ0n) is 16.8. The standard InChI is InChI=1S/C23H24FN3O2S/c1-29-20-19-3-2-10-25-23(19)30-21(20)22(28)26-16-11-17-8-9-18(12-16)27(17)13-14-4-6-15(24)7-5-14/h2-7,10,16-18H,8-9,11-13H2,1H3,(H,26,28). The third kappa shape index (κ3) is 3.56. The Morgan fingerprint density at radius 3 is 2.67 bits per heavy atom. The molecule has 2 aromatic heterocycles. The molecule has 2 bridgehead atoms. The van der Waals surface area contributed by atoms with Gasteiger partial charge in [-0.3, -0.25) is 9.69 Å². The highest BCUT2D eigenvalue weighted by Crippen LogP contribution is 2.39. The predicted molar refractivity (Wildman–Crippen MR) is 115 cm³/mol. The van der Waals surface area contributed by atoms with Crippen molar-refractivity contribution in [2.75, 3.05) is 7.11 Å². The molecule has 5 nitrogen and oxygen atoms in total. The average molecular weight is 426 g/mol.